The molecule has 0 unspecified atom stereocenters. The van der Waals surface area contributed by atoms with Gasteiger partial charge in [0.05, 0.1) is 6.20 Å². The van der Waals surface area contributed by atoms with E-state index in [1.54, 1.807) is 17.1 Å². The Morgan fingerprint density at radius 1 is 1.47 bits per heavy atom. The van der Waals surface area contributed by atoms with E-state index in [1.807, 2.05) is 38.4 Å². The van der Waals surface area contributed by atoms with Gasteiger partial charge in [0.15, 0.2) is 0 Å². The van der Waals surface area contributed by atoms with Gasteiger partial charge >= 0.3 is 0 Å². The first kappa shape index (κ1) is 13.3. The van der Waals surface area contributed by atoms with Crippen molar-refractivity contribution in [1.29, 1.82) is 0 Å². The van der Waals surface area contributed by atoms with Gasteiger partial charge in [0, 0.05) is 25.1 Å². The Labute approximate surface area is 112 Å². The average molecular weight is 258 g/mol. The fraction of sp³-hybridized carbons (Fsp3) is 0.357. The molecule has 100 valence electrons. The normalized spacial score (nSPS) is 12.1. The summed E-state index contributed by atoms with van der Waals surface area (Å²) in [6.07, 6.45) is 7.95. The Morgan fingerprint density at radius 2 is 2.32 bits per heavy atom. The minimum Gasteiger partial charge on any atom is -0.354 e. The number of nitrogens with one attached hydrogen (secondary N) is 1. The monoisotopic (exact) mass is 258 g/mol. The number of aromatic nitrogens is 3. The number of rotatable bonds is 5. The predicted molar refractivity (Wildman–Crippen MR) is 72.6 cm³/mol. The summed E-state index contributed by atoms with van der Waals surface area (Å²) in [5, 5.41) is 7.06. The van der Waals surface area contributed by atoms with Crippen LogP contribution in [-0.2, 0) is 11.2 Å². The lowest BCUT2D eigenvalue weighted by atomic mass is 10.2. The summed E-state index contributed by atoms with van der Waals surface area (Å²) in [5.74, 6) is -0.0213. The third-order valence-electron chi connectivity index (χ3n) is 2.94. The molecule has 2 rings (SSSR count). The molecule has 0 aliphatic heterocycles. The van der Waals surface area contributed by atoms with Gasteiger partial charge in [-0.1, -0.05) is 6.07 Å². The molecule has 5 nitrogen and oxygen atoms in total. The molecule has 0 bridgehead atoms. The van der Waals surface area contributed by atoms with Crippen molar-refractivity contribution in [3.05, 3.63) is 48.0 Å². The zero-order chi connectivity index (χ0) is 13.7. The molecular formula is C14H18N4O. The lowest BCUT2D eigenvalue weighted by Gasteiger charge is -2.12. The van der Waals surface area contributed by atoms with Crippen LogP contribution >= 0.6 is 0 Å². The van der Waals surface area contributed by atoms with Crippen LogP contribution in [0.1, 0.15) is 24.1 Å². The van der Waals surface area contributed by atoms with Gasteiger partial charge in [0.2, 0.25) is 5.91 Å². The van der Waals surface area contributed by atoms with Crippen molar-refractivity contribution in [2.24, 2.45) is 0 Å². The van der Waals surface area contributed by atoms with Crippen molar-refractivity contribution in [2.45, 2.75) is 26.3 Å². The fourth-order valence-electron chi connectivity index (χ4n) is 1.79. The first-order valence-electron chi connectivity index (χ1n) is 6.34. The maximum absolute atomic E-state index is 12.0. The summed E-state index contributed by atoms with van der Waals surface area (Å²) in [5.41, 5.74) is 2.17. The van der Waals surface area contributed by atoms with Gasteiger partial charge in [-0.15, -0.1) is 0 Å². The van der Waals surface area contributed by atoms with Crippen LogP contribution in [0.3, 0.4) is 0 Å². The molecule has 0 spiro atoms. The van der Waals surface area contributed by atoms with Gasteiger partial charge in [0.1, 0.15) is 6.04 Å². The molecule has 0 saturated carbocycles. The first-order chi connectivity index (χ1) is 9.16. The molecule has 2 aromatic rings. The molecular weight excluding hydrogens is 240 g/mol. The van der Waals surface area contributed by atoms with E-state index in [0.29, 0.717) is 6.54 Å². The number of carbonyl (C=O) groups excluding carboxylic acids is 1. The highest BCUT2D eigenvalue weighted by molar-refractivity contribution is 5.79. The minimum atomic E-state index is -0.289. The molecule has 2 aromatic heterocycles. The maximum atomic E-state index is 12.0. The number of nitrogens with zero attached hydrogens (tertiary/aromatic N) is 3. The number of hydrogen-bond acceptors (Lipinski definition) is 3. The number of aryl methyl sites for hydroxylation is 1. The van der Waals surface area contributed by atoms with E-state index in [-0.39, 0.29) is 11.9 Å². The second-order valence-corrected chi connectivity index (χ2v) is 4.58. The number of amides is 1. The number of carbonyl (C=O) groups is 1. The van der Waals surface area contributed by atoms with Gasteiger partial charge in [0.25, 0.3) is 0 Å². The van der Waals surface area contributed by atoms with E-state index in [2.05, 4.69) is 15.4 Å². The van der Waals surface area contributed by atoms with E-state index >= 15 is 0 Å². The molecule has 2 heterocycles. The van der Waals surface area contributed by atoms with E-state index in [1.165, 1.54) is 0 Å². The van der Waals surface area contributed by atoms with Crippen LogP contribution in [-0.4, -0.2) is 27.2 Å². The van der Waals surface area contributed by atoms with Crippen LogP contribution in [0.5, 0.6) is 0 Å². The molecule has 0 radical (unpaired) electrons. The van der Waals surface area contributed by atoms with E-state index in [0.717, 1.165) is 17.5 Å². The molecule has 0 fully saturated rings. The van der Waals surface area contributed by atoms with Crippen molar-refractivity contribution < 1.29 is 4.79 Å². The summed E-state index contributed by atoms with van der Waals surface area (Å²) in [4.78, 5) is 16.0. The highest BCUT2D eigenvalue weighted by atomic mass is 16.2. The Kier molecular flexibility index (Phi) is 4.28. The van der Waals surface area contributed by atoms with E-state index in [9.17, 15) is 4.79 Å². The zero-order valence-corrected chi connectivity index (χ0v) is 11.2. The topological polar surface area (TPSA) is 59.8 Å². The first-order valence-corrected chi connectivity index (χ1v) is 6.34. The van der Waals surface area contributed by atoms with Gasteiger partial charge in [-0.25, -0.2) is 0 Å². The van der Waals surface area contributed by atoms with Crippen LogP contribution < -0.4 is 5.32 Å². The Morgan fingerprint density at radius 3 is 2.95 bits per heavy atom. The zero-order valence-electron chi connectivity index (χ0n) is 11.2. The van der Waals surface area contributed by atoms with Gasteiger partial charge in [-0.2, -0.15) is 5.10 Å². The molecule has 19 heavy (non-hydrogen) atoms. The quantitative estimate of drug-likeness (QED) is 0.884. The number of hydrogen-bond donors (Lipinski definition) is 1. The SMILES string of the molecule is Cc1cnn([C@H](C)C(=O)NCCc2cccnc2)c1. The molecule has 0 saturated heterocycles. The minimum absolute atomic E-state index is 0.0213. The maximum Gasteiger partial charge on any atom is 0.244 e. The third kappa shape index (κ3) is 3.64. The molecule has 0 aromatic carbocycles. The fourth-order valence-corrected chi connectivity index (χ4v) is 1.79. The van der Waals surface area contributed by atoms with E-state index < -0.39 is 0 Å². The standard InChI is InChI=1S/C14H18N4O/c1-11-8-17-18(10-11)12(2)14(19)16-7-5-13-4-3-6-15-9-13/h3-4,6,8-10,12H,5,7H2,1-2H3,(H,16,19)/t12-/m1/s1. The summed E-state index contributed by atoms with van der Waals surface area (Å²) >= 11 is 0. The van der Waals surface area contributed by atoms with Crippen LogP contribution in [0, 0.1) is 6.92 Å². The van der Waals surface area contributed by atoms with Gasteiger partial charge < -0.3 is 5.32 Å². The van der Waals surface area contributed by atoms with Crippen LogP contribution in [0.4, 0.5) is 0 Å². The van der Waals surface area contributed by atoms with Crippen molar-refractivity contribution in [3.8, 4) is 0 Å². The molecule has 0 aliphatic rings. The van der Waals surface area contributed by atoms with Crippen LogP contribution in [0.25, 0.3) is 0 Å². The Balaban J connectivity index is 1.81. The summed E-state index contributed by atoms with van der Waals surface area (Å²) < 4.78 is 1.68. The lowest BCUT2D eigenvalue weighted by Crippen LogP contribution is -2.32. The van der Waals surface area contributed by atoms with Crippen LogP contribution in [0.2, 0.25) is 0 Å². The molecule has 1 atom stereocenters. The van der Waals surface area contributed by atoms with Gasteiger partial charge in [-0.05, 0) is 37.5 Å². The molecule has 0 aliphatic carbocycles. The summed E-state index contributed by atoms with van der Waals surface area (Å²) in [6.45, 7) is 4.40. The number of pyridine rings is 1. The highest BCUT2D eigenvalue weighted by Crippen LogP contribution is 2.06. The highest BCUT2D eigenvalue weighted by Gasteiger charge is 2.14. The Bertz CT molecular complexity index is 535. The lowest BCUT2D eigenvalue weighted by molar-refractivity contribution is -0.124. The second-order valence-electron chi connectivity index (χ2n) is 4.58. The predicted octanol–water partition coefficient (Wildman–Crippen LogP) is 1.51. The van der Waals surface area contributed by atoms with Crippen molar-refractivity contribution in [3.63, 3.8) is 0 Å². The van der Waals surface area contributed by atoms with Crippen molar-refractivity contribution in [1.82, 2.24) is 20.1 Å². The second kappa shape index (κ2) is 6.13. The largest absolute Gasteiger partial charge is 0.354 e. The summed E-state index contributed by atoms with van der Waals surface area (Å²) in [6, 6.07) is 3.61. The van der Waals surface area contributed by atoms with Crippen LogP contribution in [0.15, 0.2) is 36.9 Å². The summed E-state index contributed by atoms with van der Waals surface area (Å²) in [7, 11) is 0. The molecule has 1 amide bonds. The Hall–Kier alpha value is -2.17. The van der Waals surface area contributed by atoms with Gasteiger partial charge in [-0.3, -0.25) is 14.5 Å². The smallest absolute Gasteiger partial charge is 0.244 e. The molecule has 1 N–H and O–H groups in total. The average Bonchev–Trinajstić information content (AvgIpc) is 2.85. The van der Waals surface area contributed by atoms with Crippen molar-refractivity contribution in [2.75, 3.05) is 6.54 Å². The van der Waals surface area contributed by atoms with E-state index in [4.69, 9.17) is 0 Å². The molecule has 5 heteroatoms. The third-order valence-corrected chi connectivity index (χ3v) is 2.94. The van der Waals surface area contributed by atoms with Crippen molar-refractivity contribution >= 4 is 5.91 Å².